The van der Waals surface area contributed by atoms with Gasteiger partial charge in [0.05, 0.1) is 23.7 Å². The zero-order valence-corrected chi connectivity index (χ0v) is 19.1. The summed E-state index contributed by atoms with van der Waals surface area (Å²) in [7, 11) is 0. The highest BCUT2D eigenvalue weighted by atomic mass is 32.1. The first kappa shape index (κ1) is 20.9. The molecule has 5 rings (SSSR count). The molecule has 4 aromatic rings. The van der Waals surface area contributed by atoms with E-state index < -0.39 is 0 Å². The van der Waals surface area contributed by atoms with E-state index in [1.165, 1.54) is 0 Å². The lowest BCUT2D eigenvalue weighted by Gasteiger charge is -2.23. The predicted molar refractivity (Wildman–Crippen MR) is 129 cm³/mol. The summed E-state index contributed by atoms with van der Waals surface area (Å²) in [5, 5.41) is 8.08. The molecule has 0 saturated carbocycles. The molecule has 162 valence electrons. The summed E-state index contributed by atoms with van der Waals surface area (Å²) in [6, 6.07) is 22.3. The number of carbonyl (C=O) groups excluding carboxylic acids is 1. The van der Waals surface area contributed by atoms with Crippen LogP contribution < -0.4 is 10.1 Å². The molecule has 5 nitrogen and oxygen atoms in total. The lowest BCUT2D eigenvalue weighted by atomic mass is 10.1. The van der Waals surface area contributed by atoms with Gasteiger partial charge in [-0.2, -0.15) is 0 Å². The first-order chi connectivity index (χ1) is 15.7. The summed E-state index contributed by atoms with van der Waals surface area (Å²) in [6.07, 6.45) is -0.125. The van der Waals surface area contributed by atoms with Crippen molar-refractivity contribution in [3.05, 3.63) is 94.3 Å². The molecule has 1 aliphatic rings. The summed E-state index contributed by atoms with van der Waals surface area (Å²) < 4.78 is 6.34. The van der Waals surface area contributed by atoms with Gasteiger partial charge in [-0.25, -0.2) is 4.98 Å². The molecular weight excluding hydrogens is 438 g/mol. The number of thiophene rings is 1. The second-order valence-corrected chi connectivity index (χ2v) is 9.50. The van der Waals surface area contributed by atoms with Gasteiger partial charge < -0.3 is 10.1 Å². The number of ether oxygens (including phenoxy) is 1. The van der Waals surface area contributed by atoms with E-state index in [1.54, 1.807) is 22.7 Å². The molecule has 0 fully saturated rings. The number of aromatic nitrogens is 1. The molecule has 2 aromatic carbocycles. The van der Waals surface area contributed by atoms with Crippen LogP contribution in [-0.2, 0) is 17.9 Å². The number of carbonyl (C=O) groups is 1. The fraction of sp³-hybridized carbons (Fsp3) is 0.200. The second-order valence-electron chi connectivity index (χ2n) is 7.69. The van der Waals surface area contributed by atoms with Crippen LogP contribution in [0, 0.1) is 0 Å². The number of hydrogen-bond donors (Lipinski definition) is 1. The average Bonchev–Trinajstić information content (AvgIpc) is 3.48. The number of para-hydroxylation sites is 1. The van der Waals surface area contributed by atoms with Crippen molar-refractivity contribution in [2.75, 3.05) is 13.1 Å². The zero-order valence-electron chi connectivity index (χ0n) is 17.4. The van der Waals surface area contributed by atoms with Gasteiger partial charge >= 0.3 is 0 Å². The topological polar surface area (TPSA) is 54.5 Å². The standard InChI is InChI=1S/C25H23N3O2S2/c29-24(26-13-20-17-32-25(27-20)23-11-6-12-31-23)16-28-14-19-9-4-5-10-21(19)30-22(15-28)18-7-2-1-3-8-18/h1-12,17,22H,13-16H2,(H,26,29). The molecule has 0 bridgehead atoms. The van der Waals surface area contributed by atoms with Gasteiger partial charge in [0.1, 0.15) is 16.9 Å². The molecule has 2 aromatic heterocycles. The quantitative estimate of drug-likeness (QED) is 0.433. The second kappa shape index (κ2) is 9.65. The fourth-order valence-electron chi connectivity index (χ4n) is 3.79. The maximum atomic E-state index is 12.8. The highest BCUT2D eigenvalue weighted by molar-refractivity contribution is 7.20. The molecule has 0 spiro atoms. The predicted octanol–water partition coefficient (Wildman–Crippen LogP) is 5.12. The van der Waals surface area contributed by atoms with Crippen molar-refractivity contribution < 1.29 is 9.53 Å². The summed E-state index contributed by atoms with van der Waals surface area (Å²) in [5.74, 6) is 0.870. The van der Waals surface area contributed by atoms with Gasteiger partial charge in [-0.3, -0.25) is 9.69 Å². The third-order valence-corrected chi connectivity index (χ3v) is 7.28. The highest BCUT2D eigenvalue weighted by Gasteiger charge is 2.25. The Balaban J connectivity index is 1.25. The largest absolute Gasteiger partial charge is 0.484 e. The molecule has 0 radical (unpaired) electrons. The fourth-order valence-corrected chi connectivity index (χ4v) is 5.43. The third-order valence-electron chi connectivity index (χ3n) is 5.35. The zero-order chi connectivity index (χ0) is 21.8. The molecule has 0 saturated heterocycles. The van der Waals surface area contributed by atoms with Crippen LogP contribution in [-0.4, -0.2) is 28.9 Å². The van der Waals surface area contributed by atoms with Crippen molar-refractivity contribution in [2.24, 2.45) is 0 Å². The normalized spacial score (nSPS) is 16.1. The highest BCUT2D eigenvalue weighted by Crippen LogP contribution is 2.31. The van der Waals surface area contributed by atoms with E-state index >= 15 is 0 Å². The molecule has 1 aliphatic heterocycles. The number of rotatable bonds is 6. The maximum Gasteiger partial charge on any atom is 0.234 e. The van der Waals surface area contributed by atoms with E-state index in [-0.39, 0.29) is 12.0 Å². The first-order valence-electron chi connectivity index (χ1n) is 10.5. The smallest absolute Gasteiger partial charge is 0.234 e. The van der Waals surface area contributed by atoms with Gasteiger partial charge in [0.2, 0.25) is 5.91 Å². The van der Waals surface area contributed by atoms with E-state index in [0.717, 1.165) is 32.5 Å². The molecule has 1 unspecified atom stereocenters. The van der Waals surface area contributed by atoms with Crippen LogP contribution in [0.25, 0.3) is 9.88 Å². The van der Waals surface area contributed by atoms with E-state index in [4.69, 9.17) is 4.74 Å². The molecular formula is C25H23N3O2S2. The third kappa shape index (κ3) is 4.91. The van der Waals surface area contributed by atoms with Crippen LogP contribution in [0.15, 0.2) is 77.5 Å². The Labute approximate surface area is 195 Å². The maximum absolute atomic E-state index is 12.8. The lowest BCUT2D eigenvalue weighted by Crippen LogP contribution is -2.38. The van der Waals surface area contributed by atoms with Crippen LogP contribution in [0.4, 0.5) is 0 Å². The van der Waals surface area contributed by atoms with Gasteiger partial charge in [-0.1, -0.05) is 54.6 Å². The molecule has 1 N–H and O–H groups in total. The molecule has 3 heterocycles. The Morgan fingerprint density at radius 3 is 2.75 bits per heavy atom. The summed E-state index contributed by atoms with van der Waals surface area (Å²) >= 11 is 3.28. The van der Waals surface area contributed by atoms with E-state index in [2.05, 4.69) is 39.5 Å². The summed E-state index contributed by atoms with van der Waals surface area (Å²) in [6.45, 7) is 2.06. The monoisotopic (exact) mass is 461 g/mol. The van der Waals surface area contributed by atoms with Crippen LogP contribution >= 0.6 is 22.7 Å². The number of hydrogen-bond acceptors (Lipinski definition) is 6. The van der Waals surface area contributed by atoms with Crippen molar-refractivity contribution >= 4 is 28.6 Å². The minimum atomic E-state index is -0.125. The lowest BCUT2D eigenvalue weighted by molar-refractivity contribution is -0.122. The van der Waals surface area contributed by atoms with Crippen molar-refractivity contribution in [1.82, 2.24) is 15.2 Å². The SMILES string of the molecule is O=C(CN1Cc2ccccc2OC(c2ccccc2)C1)NCc1csc(-c2cccs2)n1. The van der Waals surface area contributed by atoms with Crippen molar-refractivity contribution in [3.63, 3.8) is 0 Å². The van der Waals surface area contributed by atoms with Crippen molar-refractivity contribution in [3.8, 4) is 15.6 Å². The number of fused-ring (bicyclic) bond motifs is 1. The number of nitrogens with one attached hydrogen (secondary N) is 1. The van der Waals surface area contributed by atoms with Gasteiger partial charge in [0.15, 0.2) is 0 Å². The Kier molecular flexibility index (Phi) is 6.29. The number of nitrogens with zero attached hydrogens (tertiary/aromatic N) is 2. The molecule has 7 heteroatoms. The Bertz CT molecular complexity index is 1170. The Morgan fingerprint density at radius 2 is 1.91 bits per heavy atom. The van der Waals surface area contributed by atoms with Crippen molar-refractivity contribution in [1.29, 1.82) is 0 Å². The first-order valence-corrected chi connectivity index (χ1v) is 12.3. The van der Waals surface area contributed by atoms with Gasteiger partial charge in [0, 0.05) is 24.0 Å². The van der Waals surface area contributed by atoms with Crippen LogP contribution in [0.5, 0.6) is 5.75 Å². The van der Waals surface area contributed by atoms with E-state index in [0.29, 0.717) is 26.2 Å². The van der Waals surface area contributed by atoms with Gasteiger partial charge in [0.25, 0.3) is 0 Å². The summed E-state index contributed by atoms with van der Waals surface area (Å²) in [4.78, 5) is 20.7. The van der Waals surface area contributed by atoms with Crippen LogP contribution in [0.1, 0.15) is 22.9 Å². The minimum absolute atomic E-state index is 0.0122. The van der Waals surface area contributed by atoms with Crippen LogP contribution in [0.3, 0.4) is 0 Å². The number of thiazole rings is 1. The Morgan fingerprint density at radius 1 is 1.06 bits per heavy atom. The number of amides is 1. The molecule has 32 heavy (non-hydrogen) atoms. The van der Waals surface area contributed by atoms with Crippen LogP contribution in [0.2, 0.25) is 0 Å². The van der Waals surface area contributed by atoms with Gasteiger partial charge in [-0.15, -0.1) is 22.7 Å². The summed E-state index contributed by atoms with van der Waals surface area (Å²) in [5.41, 5.74) is 3.09. The van der Waals surface area contributed by atoms with E-state index in [9.17, 15) is 4.79 Å². The molecule has 0 aliphatic carbocycles. The molecule has 1 atom stereocenters. The minimum Gasteiger partial charge on any atom is -0.484 e. The van der Waals surface area contributed by atoms with Gasteiger partial charge in [-0.05, 0) is 23.1 Å². The van der Waals surface area contributed by atoms with Crippen molar-refractivity contribution in [2.45, 2.75) is 19.2 Å². The molecule has 1 amide bonds. The van der Waals surface area contributed by atoms with E-state index in [1.807, 2.05) is 53.2 Å². The number of benzene rings is 2. The average molecular weight is 462 g/mol. The Hall–Kier alpha value is -3.00.